The van der Waals surface area contributed by atoms with Gasteiger partial charge < -0.3 is 29.0 Å². The van der Waals surface area contributed by atoms with Gasteiger partial charge in [-0.25, -0.2) is 0 Å². The SMILES string of the molecule is COc1ccc(CCC(=O)O[C@H](C)C(=O)Nc2ccc3c(c2)OCO3)cc1OC. The van der Waals surface area contributed by atoms with E-state index in [0.717, 1.165) is 5.56 Å². The fourth-order valence-electron chi connectivity index (χ4n) is 2.81. The van der Waals surface area contributed by atoms with Crippen molar-refractivity contribution >= 4 is 17.6 Å². The Kier molecular flexibility index (Phi) is 6.43. The largest absolute Gasteiger partial charge is 0.493 e. The minimum absolute atomic E-state index is 0.136. The minimum atomic E-state index is -0.932. The lowest BCUT2D eigenvalue weighted by Gasteiger charge is -2.14. The number of carbonyl (C=O) groups excluding carboxylic acids is 2. The predicted octanol–water partition coefficient (Wildman–Crippen LogP) is 2.94. The Morgan fingerprint density at radius 3 is 2.55 bits per heavy atom. The van der Waals surface area contributed by atoms with Gasteiger partial charge in [0.1, 0.15) is 0 Å². The molecule has 0 saturated carbocycles. The molecule has 1 atom stereocenters. The second-order valence-electron chi connectivity index (χ2n) is 6.38. The van der Waals surface area contributed by atoms with Crippen LogP contribution in [0, 0.1) is 0 Å². The van der Waals surface area contributed by atoms with Gasteiger partial charge in [-0.15, -0.1) is 0 Å². The molecule has 0 spiro atoms. The standard InChI is InChI=1S/C21H23NO7/c1-13(21(24)22-15-6-8-17-19(11-15)28-12-27-17)29-20(23)9-5-14-4-7-16(25-2)18(10-14)26-3/h4,6-8,10-11,13H,5,9,12H2,1-3H3,(H,22,24)/t13-/m1/s1. The van der Waals surface area contributed by atoms with Crippen LogP contribution in [0.4, 0.5) is 5.69 Å². The molecule has 2 aromatic rings. The van der Waals surface area contributed by atoms with Crippen LogP contribution >= 0.6 is 0 Å². The zero-order valence-corrected chi connectivity index (χ0v) is 16.5. The fraction of sp³-hybridized carbons (Fsp3) is 0.333. The molecule has 8 nitrogen and oxygen atoms in total. The van der Waals surface area contributed by atoms with E-state index < -0.39 is 18.0 Å². The molecule has 0 unspecified atom stereocenters. The molecule has 0 radical (unpaired) electrons. The molecule has 1 heterocycles. The fourth-order valence-corrected chi connectivity index (χ4v) is 2.81. The second-order valence-corrected chi connectivity index (χ2v) is 6.38. The highest BCUT2D eigenvalue weighted by molar-refractivity contribution is 5.95. The molecular weight excluding hydrogens is 378 g/mol. The van der Waals surface area contributed by atoms with E-state index in [4.69, 9.17) is 23.7 Å². The monoisotopic (exact) mass is 401 g/mol. The molecule has 154 valence electrons. The number of fused-ring (bicyclic) bond motifs is 1. The number of esters is 1. The molecule has 0 saturated heterocycles. The summed E-state index contributed by atoms with van der Waals surface area (Å²) in [4.78, 5) is 24.4. The van der Waals surface area contributed by atoms with Crippen LogP contribution in [-0.2, 0) is 20.7 Å². The highest BCUT2D eigenvalue weighted by Crippen LogP contribution is 2.34. The van der Waals surface area contributed by atoms with Gasteiger partial charge in [0.15, 0.2) is 29.1 Å². The zero-order valence-electron chi connectivity index (χ0n) is 16.5. The average molecular weight is 401 g/mol. The molecule has 2 aromatic carbocycles. The number of amides is 1. The third-order valence-electron chi connectivity index (χ3n) is 4.38. The third kappa shape index (κ3) is 5.10. The van der Waals surface area contributed by atoms with Crippen LogP contribution < -0.4 is 24.3 Å². The van der Waals surface area contributed by atoms with Crippen LogP contribution in [-0.4, -0.2) is 39.0 Å². The van der Waals surface area contributed by atoms with E-state index in [9.17, 15) is 9.59 Å². The van der Waals surface area contributed by atoms with Crippen LogP contribution in [0.1, 0.15) is 18.9 Å². The maximum absolute atomic E-state index is 12.3. The van der Waals surface area contributed by atoms with Gasteiger partial charge in [0.2, 0.25) is 6.79 Å². The van der Waals surface area contributed by atoms with Gasteiger partial charge in [0.25, 0.3) is 5.91 Å². The number of hydrogen-bond donors (Lipinski definition) is 1. The maximum Gasteiger partial charge on any atom is 0.306 e. The Morgan fingerprint density at radius 2 is 1.79 bits per heavy atom. The third-order valence-corrected chi connectivity index (χ3v) is 4.38. The number of benzene rings is 2. The number of anilines is 1. The van der Waals surface area contributed by atoms with E-state index in [1.807, 2.05) is 12.1 Å². The summed E-state index contributed by atoms with van der Waals surface area (Å²) in [5.41, 5.74) is 1.43. The molecule has 1 aliphatic rings. The first-order valence-electron chi connectivity index (χ1n) is 9.11. The van der Waals surface area contributed by atoms with Crippen molar-refractivity contribution in [2.24, 2.45) is 0 Å². The number of ether oxygens (including phenoxy) is 5. The Morgan fingerprint density at radius 1 is 1.03 bits per heavy atom. The molecule has 1 N–H and O–H groups in total. The van der Waals surface area contributed by atoms with Crippen molar-refractivity contribution in [1.82, 2.24) is 0 Å². The average Bonchev–Trinajstić information content (AvgIpc) is 3.19. The first-order chi connectivity index (χ1) is 14.0. The molecule has 8 heteroatoms. The quantitative estimate of drug-likeness (QED) is 0.680. The molecule has 1 amide bonds. The van der Waals surface area contributed by atoms with Gasteiger partial charge >= 0.3 is 5.97 Å². The van der Waals surface area contributed by atoms with Crippen molar-refractivity contribution in [3.63, 3.8) is 0 Å². The number of aryl methyl sites for hydroxylation is 1. The summed E-state index contributed by atoms with van der Waals surface area (Å²) in [6.45, 7) is 1.68. The summed E-state index contributed by atoms with van der Waals surface area (Å²) < 4.78 is 26.2. The first kappa shape index (κ1) is 20.3. The van der Waals surface area contributed by atoms with Crippen LogP contribution in [0.2, 0.25) is 0 Å². The molecule has 1 aliphatic heterocycles. The summed E-state index contributed by atoms with van der Waals surface area (Å²) in [6.07, 6.45) is -0.342. The lowest BCUT2D eigenvalue weighted by atomic mass is 10.1. The number of rotatable bonds is 8. The normalized spacial score (nSPS) is 12.8. The molecule has 0 fully saturated rings. The zero-order chi connectivity index (χ0) is 20.8. The van der Waals surface area contributed by atoms with Gasteiger partial charge in [-0.1, -0.05) is 6.07 Å². The molecule has 0 aromatic heterocycles. The van der Waals surface area contributed by atoms with Crippen molar-refractivity contribution in [2.75, 3.05) is 26.3 Å². The van der Waals surface area contributed by atoms with Gasteiger partial charge in [0.05, 0.1) is 14.2 Å². The topological polar surface area (TPSA) is 92.3 Å². The summed E-state index contributed by atoms with van der Waals surface area (Å²) in [6, 6.07) is 10.5. The molecule has 0 aliphatic carbocycles. The van der Waals surface area contributed by atoms with Crippen molar-refractivity contribution in [3.8, 4) is 23.0 Å². The Labute approximate surface area is 168 Å². The Hall–Kier alpha value is -3.42. The molecule has 29 heavy (non-hydrogen) atoms. The van der Waals surface area contributed by atoms with E-state index in [0.29, 0.717) is 35.1 Å². The van der Waals surface area contributed by atoms with Gasteiger partial charge in [0, 0.05) is 18.2 Å². The number of methoxy groups -OCH3 is 2. The van der Waals surface area contributed by atoms with Crippen LogP contribution in [0.3, 0.4) is 0 Å². The summed E-state index contributed by atoms with van der Waals surface area (Å²) in [7, 11) is 3.11. The number of hydrogen-bond acceptors (Lipinski definition) is 7. The summed E-state index contributed by atoms with van der Waals surface area (Å²) in [5, 5.41) is 2.70. The number of nitrogens with one attached hydrogen (secondary N) is 1. The van der Waals surface area contributed by atoms with Crippen molar-refractivity contribution in [1.29, 1.82) is 0 Å². The van der Waals surface area contributed by atoms with E-state index >= 15 is 0 Å². The highest BCUT2D eigenvalue weighted by Gasteiger charge is 2.20. The predicted molar refractivity (Wildman–Crippen MR) is 105 cm³/mol. The molecule has 0 bridgehead atoms. The molecule has 3 rings (SSSR count). The Balaban J connectivity index is 1.49. The summed E-state index contributed by atoms with van der Waals surface area (Å²) in [5.74, 6) is 1.50. The smallest absolute Gasteiger partial charge is 0.306 e. The number of carbonyl (C=O) groups is 2. The lowest BCUT2D eigenvalue weighted by molar-refractivity contribution is -0.153. The summed E-state index contributed by atoms with van der Waals surface area (Å²) >= 11 is 0. The van der Waals surface area contributed by atoms with Gasteiger partial charge in [-0.05, 0) is 43.2 Å². The van der Waals surface area contributed by atoms with Gasteiger partial charge in [-0.2, -0.15) is 0 Å². The van der Waals surface area contributed by atoms with Crippen molar-refractivity contribution in [2.45, 2.75) is 25.9 Å². The van der Waals surface area contributed by atoms with Crippen molar-refractivity contribution < 1.29 is 33.3 Å². The van der Waals surface area contributed by atoms with Crippen LogP contribution in [0.25, 0.3) is 0 Å². The van der Waals surface area contributed by atoms with E-state index in [-0.39, 0.29) is 13.2 Å². The second kappa shape index (κ2) is 9.18. The maximum atomic E-state index is 12.3. The first-order valence-corrected chi connectivity index (χ1v) is 9.11. The van der Waals surface area contributed by atoms with Crippen LogP contribution in [0.15, 0.2) is 36.4 Å². The van der Waals surface area contributed by atoms with Crippen molar-refractivity contribution in [3.05, 3.63) is 42.0 Å². The Bertz CT molecular complexity index is 897. The van der Waals surface area contributed by atoms with Crippen LogP contribution in [0.5, 0.6) is 23.0 Å². The van der Waals surface area contributed by atoms with E-state index in [1.54, 1.807) is 38.5 Å². The molecular formula is C21H23NO7. The minimum Gasteiger partial charge on any atom is -0.493 e. The lowest BCUT2D eigenvalue weighted by Crippen LogP contribution is -2.30. The highest BCUT2D eigenvalue weighted by atomic mass is 16.7. The van der Waals surface area contributed by atoms with Gasteiger partial charge in [-0.3, -0.25) is 9.59 Å². The van der Waals surface area contributed by atoms with E-state index in [2.05, 4.69) is 5.32 Å². The van der Waals surface area contributed by atoms with E-state index in [1.165, 1.54) is 6.92 Å².